The number of esters is 3. The van der Waals surface area contributed by atoms with Crippen LogP contribution in [-0.2, 0) is 66.6 Å². The molecule has 2 bridgehead atoms. The molecule has 1 aliphatic carbocycles. The van der Waals surface area contributed by atoms with E-state index in [0.717, 1.165) is 6.08 Å². The molecule has 4 aromatic carbocycles. The Hall–Kier alpha value is -6.44. The van der Waals surface area contributed by atoms with E-state index in [1.54, 1.807) is 69.3 Å². The van der Waals surface area contributed by atoms with Crippen LogP contribution in [0.15, 0.2) is 115 Å². The third-order valence-corrected chi connectivity index (χ3v) is 12.3. The van der Waals surface area contributed by atoms with Crippen molar-refractivity contribution in [1.29, 1.82) is 0 Å². The highest BCUT2D eigenvalue weighted by Gasteiger charge is 2.76. The Balaban J connectivity index is 1.05. The van der Waals surface area contributed by atoms with Gasteiger partial charge in [-0.25, -0.2) is 4.79 Å². The first-order valence-corrected chi connectivity index (χ1v) is 22.5. The van der Waals surface area contributed by atoms with Crippen LogP contribution in [0.1, 0.15) is 78.2 Å². The van der Waals surface area contributed by atoms with E-state index in [4.69, 9.17) is 23.8 Å². The van der Waals surface area contributed by atoms with Gasteiger partial charge in [0.05, 0.1) is 19.2 Å². The predicted octanol–water partition coefficient (Wildman–Crippen LogP) is 5.82. The maximum atomic E-state index is 15.1. The highest BCUT2D eigenvalue weighted by molar-refractivity contribution is 5.95. The van der Waals surface area contributed by atoms with E-state index in [1.165, 1.54) is 11.1 Å². The van der Waals surface area contributed by atoms with E-state index in [-0.39, 0.29) is 37.9 Å². The lowest BCUT2D eigenvalue weighted by Gasteiger charge is -2.48. The second kappa shape index (κ2) is 19.9. The lowest BCUT2D eigenvalue weighted by atomic mass is 9.62. The number of nitrogens with one attached hydrogen (secondary N) is 2. The fraction of sp³-hybridized carbons (Fsp3) is 0.392. The maximum Gasteiger partial charge on any atom is 0.422 e. The largest absolute Gasteiger partial charge is 0.460 e. The number of ether oxygens (including phenoxy) is 5. The molecule has 3 heterocycles. The molecule has 7 atom stereocenters. The number of hydrogen-bond acceptors (Lipinski definition) is 13. The van der Waals surface area contributed by atoms with Crippen molar-refractivity contribution in [3.8, 4) is 0 Å². The van der Waals surface area contributed by atoms with Crippen molar-refractivity contribution >= 4 is 35.8 Å². The fourth-order valence-electron chi connectivity index (χ4n) is 9.30. The molecule has 1 saturated carbocycles. The Bertz CT molecular complexity index is 2510. The molecule has 18 heteroatoms. The van der Waals surface area contributed by atoms with Crippen LogP contribution < -0.4 is 10.6 Å². The Kier molecular flexibility index (Phi) is 14.1. The molecular weight excluding hydrogens is 904 g/mol. The zero-order valence-electron chi connectivity index (χ0n) is 38.0. The third kappa shape index (κ3) is 10.7. The number of carbonyl (C=O) groups is 5. The van der Waals surface area contributed by atoms with E-state index in [9.17, 15) is 37.5 Å². The van der Waals surface area contributed by atoms with E-state index in [0.29, 0.717) is 27.8 Å². The van der Waals surface area contributed by atoms with E-state index >= 15 is 4.79 Å². The first-order chi connectivity index (χ1) is 32.9. The highest BCUT2D eigenvalue weighted by atomic mass is 19.4. The quantitative estimate of drug-likeness (QED) is 0.0694. The van der Waals surface area contributed by atoms with Gasteiger partial charge in [0.2, 0.25) is 11.7 Å². The molecule has 69 heavy (non-hydrogen) atoms. The van der Waals surface area contributed by atoms with Crippen LogP contribution in [0, 0.1) is 5.41 Å². The maximum absolute atomic E-state index is 15.1. The number of aliphatic hydroxyl groups is 1. The molecule has 0 radical (unpaired) electrons. The summed E-state index contributed by atoms with van der Waals surface area (Å²) in [5.41, 5.74) is 0.925. The minimum Gasteiger partial charge on any atom is -0.460 e. The number of fused-ring (bicyclic) bond motifs is 4. The normalized spacial score (nSPS) is 24.2. The average molecular weight is 956 g/mol. The van der Waals surface area contributed by atoms with Gasteiger partial charge >= 0.3 is 24.1 Å². The van der Waals surface area contributed by atoms with Gasteiger partial charge in [-0.2, -0.15) is 18.2 Å². The monoisotopic (exact) mass is 955 g/mol. The number of nitrogens with zero attached hydrogens (tertiary/aromatic N) is 1. The topological polar surface area (TPSA) is 188 Å². The number of aliphatic hydroxyl groups excluding tert-OH is 1. The Morgan fingerprint density at radius 1 is 0.884 bits per heavy atom. The molecule has 4 aliphatic rings. The average Bonchev–Trinajstić information content (AvgIpc) is 3.91. The lowest BCUT2D eigenvalue weighted by Crippen LogP contribution is -2.69. The molecule has 364 valence electrons. The summed E-state index contributed by atoms with van der Waals surface area (Å²) < 4.78 is 67.3. The van der Waals surface area contributed by atoms with Crippen molar-refractivity contribution in [2.75, 3.05) is 13.2 Å². The van der Waals surface area contributed by atoms with Crippen molar-refractivity contribution in [2.45, 2.75) is 107 Å². The second-order valence-electron chi connectivity index (χ2n) is 18.4. The Morgan fingerprint density at radius 2 is 1.55 bits per heavy atom. The van der Waals surface area contributed by atoms with Crippen molar-refractivity contribution < 1.29 is 70.8 Å². The van der Waals surface area contributed by atoms with Gasteiger partial charge in [-0.05, 0) is 62.1 Å². The van der Waals surface area contributed by atoms with Gasteiger partial charge in [-0.1, -0.05) is 97.1 Å². The summed E-state index contributed by atoms with van der Waals surface area (Å²) >= 11 is 0. The number of hydrogen-bond donors (Lipinski definition) is 3. The van der Waals surface area contributed by atoms with Crippen molar-refractivity contribution in [1.82, 2.24) is 15.7 Å². The predicted molar refractivity (Wildman–Crippen MR) is 239 cm³/mol. The zero-order chi connectivity index (χ0) is 49.1. The first kappa shape index (κ1) is 49.0. The first-order valence-electron chi connectivity index (χ1n) is 22.5. The van der Waals surface area contributed by atoms with Gasteiger partial charge < -0.3 is 39.4 Å². The molecule has 15 nitrogen and oxygen atoms in total. The summed E-state index contributed by atoms with van der Waals surface area (Å²) in [5, 5.41) is 17.2. The standard InChI is InChI=1S/C51H52F3N3O12/c1-48(2,3)66-40(60)24-22-37(29-58)56-45(61)34-12-10-11-33(25-34)27-55-47(63)49-26-38-41-42(68-51(67-41,35-13-6-4-7-14-35)36-15-8-5-9-16-36)44(49)69-57(43(49)46(62)65-38)28-32-19-17-31(18-20-32)21-23-39(59)64-30-50(52,53)54/h4-21,23,25,37-38,41-44,58H,22,24,26-30H2,1-3H3,(H,55,63)(H,56,61)/t37-,38+,41-,42-,43-,44+,49-/m0/s1. The number of alkyl halides is 3. The van der Waals surface area contributed by atoms with Gasteiger partial charge in [-0.3, -0.25) is 24.0 Å². The number of amides is 2. The molecule has 3 N–H and O–H groups in total. The fourth-order valence-corrected chi connectivity index (χ4v) is 9.30. The SMILES string of the molecule is CC(C)(C)OC(=O)CC[C@@H](CO)NC(=O)c1cccc(CNC(=O)[C@@]23C[C@H]4OC(=O)[C@@H]2N(Cc2ccc(C=CC(=O)OCC(F)(F)F)cc2)O[C@@H]3[C@H]2OC(c3ccccc3)(c3ccccc3)O[C@H]24)c1. The summed E-state index contributed by atoms with van der Waals surface area (Å²) in [6.07, 6.45) is -6.22. The van der Waals surface area contributed by atoms with Gasteiger partial charge in [0.25, 0.3) is 5.91 Å². The van der Waals surface area contributed by atoms with Crippen LogP contribution in [0.3, 0.4) is 0 Å². The van der Waals surface area contributed by atoms with Crippen LogP contribution in [0.25, 0.3) is 6.08 Å². The van der Waals surface area contributed by atoms with Gasteiger partial charge in [0.1, 0.15) is 35.4 Å². The van der Waals surface area contributed by atoms with Crippen molar-refractivity contribution in [3.05, 3.63) is 149 Å². The Labute approximate surface area is 395 Å². The molecule has 3 saturated heterocycles. The van der Waals surface area contributed by atoms with Gasteiger partial charge in [-0.15, -0.1) is 0 Å². The third-order valence-electron chi connectivity index (χ3n) is 12.3. The molecule has 0 unspecified atom stereocenters. The smallest absolute Gasteiger partial charge is 0.422 e. The van der Waals surface area contributed by atoms with Crippen molar-refractivity contribution in [3.63, 3.8) is 0 Å². The lowest BCUT2D eigenvalue weighted by molar-refractivity contribution is -0.213. The minimum absolute atomic E-state index is 0.00303. The number of hydroxylamine groups is 2. The Morgan fingerprint density at radius 3 is 2.19 bits per heavy atom. The molecule has 4 fully saturated rings. The summed E-state index contributed by atoms with van der Waals surface area (Å²) in [5.74, 6) is -4.87. The summed E-state index contributed by atoms with van der Waals surface area (Å²) in [6.45, 7) is 3.02. The molecule has 3 aliphatic heterocycles. The van der Waals surface area contributed by atoms with Crippen LogP contribution in [-0.4, -0.2) is 101 Å². The number of carbonyl (C=O) groups excluding carboxylic acids is 5. The van der Waals surface area contributed by atoms with Crippen LogP contribution >= 0.6 is 0 Å². The number of rotatable bonds is 16. The van der Waals surface area contributed by atoms with E-state index in [2.05, 4.69) is 15.4 Å². The van der Waals surface area contributed by atoms with E-state index < -0.39 is 102 Å². The second-order valence-corrected chi connectivity index (χ2v) is 18.4. The van der Waals surface area contributed by atoms with Gasteiger partial charge in [0.15, 0.2) is 12.6 Å². The minimum atomic E-state index is -4.66. The molecular formula is C51H52F3N3O12. The van der Waals surface area contributed by atoms with Crippen molar-refractivity contribution in [2.24, 2.45) is 5.41 Å². The van der Waals surface area contributed by atoms with Gasteiger partial charge in [0, 0.05) is 42.2 Å². The molecule has 4 aromatic rings. The van der Waals surface area contributed by atoms with Crippen LogP contribution in [0.5, 0.6) is 0 Å². The molecule has 8 rings (SSSR count). The molecule has 0 spiro atoms. The summed E-state index contributed by atoms with van der Waals surface area (Å²) in [7, 11) is 0. The van der Waals surface area contributed by atoms with E-state index in [1.807, 2.05) is 60.7 Å². The summed E-state index contributed by atoms with van der Waals surface area (Å²) in [4.78, 5) is 73.8. The zero-order valence-corrected chi connectivity index (χ0v) is 38.0. The number of benzene rings is 4. The highest BCUT2D eigenvalue weighted by Crippen LogP contribution is 2.59. The number of halogens is 3. The van der Waals surface area contributed by atoms with Crippen LogP contribution in [0.2, 0.25) is 0 Å². The molecule has 2 amide bonds. The summed E-state index contributed by atoms with van der Waals surface area (Å²) in [6, 6.07) is 29.7. The molecule has 0 aromatic heterocycles. The van der Waals surface area contributed by atoms with Crippen LogP contribution in [0.4, 0.5) is 13.2 Å².